The first-order chi connectivity index (χ1) is 5.57. The Kier molecular flexibility index (Phi) is 6.14. The number of nitrogens with two attached hydrogens (primary N) is 1. The predicted octanol–water partition coefficient (Wildman–Crippen LogP) is -0.240. The molecule has 72 valence electrons. The van der Waals surface area contributed by atoms with E-state index in [9.17, 15) is 4.79 Å². The van der Waals surface area contributed by atoms with Crippen molar-refractivity contribution in [3.8, 4) is 0 Å². The Morgan fingerprint density at radius 3 is 2.58 bits per heavy atom. The first-order valence-corrected chi connectivity index (χ1v) is 4.90. The summed E-state index contributed by atoms with van der Waals surface area (Å²) in [6, 6.07) is -0.791. The summed E-state index contributed by atoms with van der Waals surface area (Å²) in [5.74, 6) is 0.382. The lowest BCUT2D eigenvalue weighted by Gasteiger charge is -2.08. The maximum absolute atomic E-state index is 10.3. The van der Waals surface area contributed by atoms with Crippen molar-refractivity contribution in [1.29, 1.82) is 0 Å². The average Bonchev–Trinajstić information content (AvgIpc) is 2.03. The zero-order chi connectivity index (χ0) is 9.56. The fraction of sp³-hybridized carbons (Fsp3) is 0.857. The molecule has 2 atom stereocenters. The van der Waals surface area contributed by atoms with E-state index in [0.717, 1.165) is 5.75 Å². The van der Waals surface area contributed by atoms with Gasteiger partial charge in [0.1, 0.15) is 6.04 Å². The van der Waals surface area contributed by atoms with E-state index in [1.54, 1.807) is 0 Å². The Morgan fingerprint density at radius 2 is 2.17 bits per heavy atom. The molecule has 0 aliphatic rings. The van der Waals surface area contributed by atoms with Gasteiger partial charge in [0.25, 0.3) is 0 Å². The van der Waals surface area contributed by atoms with Crippen LogP contribution in [0.15, 0.2) is 0 Å². The highest BCUT2D eigenvalue weighted by atomic mass is 32.2. The molecular formula is C7H15NO3S. The third kappa shape index (κ3) is 5.40. The Morgan fingerprint density at radius 1 is 1.58 bits per heavy atom. The van der Waals surface area contributed by atoms with Crippen molar-refractivity contribution >= 4 is 17.7 Å². The minimum absolute atomic E-state index is 0.134. The molecule has 0 fully saturated rings. The van der Waals surface area contributed by atoms with E-state index in [1.165, 1.54) is 11.8 Å². The molecule has 0 aliphatic heterocycles. The van der Waals surface area contributed by atoms with Crippen LogP contribution in [0.1, 0.15) is 6.92 Å². The monoisotopic (exact) mass is 193 g/mol. The SMILES string of the molecule is CC(CO)CSC[C@@H](N)C(=O)O. The molecule has 0 amide bonds. The van der Waals surface area contributed by atoms with Crippen molar-refractivity contribution in [3.63, 3.8) is 0 Å². The van der Waals surface area contributed by atoms with Crippen LogP contribution in [0.25, 0.3) is 0 Å². The van der Waals surface area contributed by atoms with E-state index >= 15 is 0 Å². The maximum Gasteiger partial charge on any atom is 0.321 e. The molecule has 0 aromatic heterocycles. The topological polar surface area (TPSA) is 83.5 Å². The summed E-state index contributed by atoms with van der Waals surface area (Å²) in [6.45, 7) is 2.04. The van der Waals surface area contributed by atoms with Gasteiger partial charge in [-0.1, -0.05) is 6.92 Å². The van der Waals surface area contributed by atoms with Gasteiger partial charge in [0.15, 0.2) is 0 Å². The van der Waals surface area contributed by atoms with Crippen LogP contribution in [-0.2, 0) is 4.79 Å². The molecule has 0 radical (unpaired) electrons. The second kappa shape index (κ2) is 6.28. The van der Waals surface area contributed by atoms with Gasteiger partial charge in [-0.2, -0.15) is 11.8 Å². The molecule has 4 N–H and O–H groups in total. The van der Waals surface area contributed by atoms with Crippen LogP contribution in [0.2, 0.25) is 0 Å². The van der Waals surface area contributed by atoms with Gasteiger partial charge in [-0.25, -0.2) is 0 Å². The van der Waals surface area contributed by atoms with E-state index < -0.39 is 12.0 Å². The number of hydrogen-bond acceptors (Lipinski definition) is 4. The molecule has 0 aromatic rings. The van der Waals surface area contributed by atoms with Crippen LogP contribution < -0.4 is 5.73 Å². The number of thioether (sulfide) groups is 1. The molecule has 0 bridgehead atoms. The molecule has 0 saturated carbocycles. The number of carboxylic acids is 1. The molecule has 5 heteroatoms. The first kappa shape index (κ1) is 11.7. The van der Waals surface area contributed by atoms with Crippen LogP contribution in [0, 0.1) is 5.92 Å². The summed E-state index contributed by atoms with van der Waals surface area (Å²) in [5, 5.41) is 17.1. The normalized spacial score (nSPS) is 15.6. The molecule has 0 spiro atoms. The molecule has 0 rings (SSSR count). The quantitative estimate of drug-likeness (QED) is 0.542. The van der Waals surface area contributed by atoms with E-state index in [1.807, 2.05) is 6.92 Å². The second-order valence-corrected chi connectivity index (χ2v) is 3.84. The van der Waals surface area contributed by atoms with Crippen LogP contribution in [-0.4, -0.2) is 40.3 Å². The van der Waals surface area contributed by atoms with Crippen molar-refractivity contribution in [2.24, 2.45) is 11.7 Å². The maximum atomic E-state index is 10.3. The van der Waals surface area contributed by atoms with E-state index in [0.29, 0.717) is 5.75 Å². The van der Waals surface area contributed by atoms with Crippen molar-refractivity contribution in [3.05, 3.63) is 0 Å². The van der Waals surface area contributed by atoms with Gasteiger partial charge in [0.05, 0.1) is 0 Å². The number of aliphatic carboxylic acids is 1. The molecule has 0 aromatic carbocycles. The van der Waals surface area contributed by atoms with Crippen LogP contribution >= 0.6 is 11.8 Å². The van der Waals surface area contributed by atoms with Crippen LogP contribution in [0.3, 0.4) is 0 Å². The van der Waals surface area contributed by atoms with Gasteiger partial charge in [-0.15, -0.1) is 0 Å². The third-order valence-electron chi connectivity index (χ3n) is 1.33. The zero-order valence-corrected chi connectivity index (χ0v) is 7.88. The number of aliphatic hydroxyl groups is 1. The summed E-state index contributed by atoms with van der Waals surface area (Å²) in [4.78, 5) is 10.3. The Balaban J connectivity index is 3.37. The molecule has 0 heterocycles. The minimum atomic E-state index is -0.973. The standard InChI is InChI=1S/C7H15NO3S/c1-5(2-9)3-12-4-6(8)7(10)11/h5-6,9H,2-4,8H2,1H3,(H,10,11)/t5?,6-/m1/s1. The second-order valence-electron chi connectivity index (χ2n) is 2.77. The number of carboxylic acid groups (broad SMARTS) is 1. The highest BCUT2D eigenvalue weighted by molar-refractivity contribution is 7.99. The largest absolute Gasteiger partial charge is 0.480 e. The Labute approximate surface area is 76.1 Å². The number of hydrogen-bond donors (Lipinski definition) is 3. The number of aliphatic hydroxyl groups excluding tert-OH is 1. The van der Waals surface area contributed by atoms with Gasteiger partial charge in [0, 0.05) is 12.4 Å². The van der Waals surface area contributed by atoms with E-state index in [2.05, 4.69) is 0 Å². The summed E-state index contributed by atoms with van der Waals surface area (Å²) >= 11 is 1.46. The molecule has 1 unspecified atom stereocenters. The van der Waals surface area contributed by atoms with Crippen LogP contribution in [0.4, 0.5) is 0 Å². The zero-order valence-electron chi connectivity index (χ0n) is 7.06. The lowest BCUT2D eigenvalue weighted by Crippen LogP contribution is -2.32. The van der Waals surface area contributed by atoms with E-state index in [4.69, 9.17) is 15.9 Å². The highest BCUT2D eigenvalue weighted by Gasteiger charge is 2.11. The number of rotatable bonds is 6. The van der Waals surface area contributed by atoms with Crippen molar-refractivity contribution < 1.29 is 15.0 Å². The van der Waals surface area contributed by atoms with Crippen molar-refractivity contribution in [2.75, 3.05) is 18.1 Å². The van der Waals surface area contributed by atoms with Gasteiger partial charge in [-0.05, 0) is 11.7 Å². The molecule has 0 aliphatic carbocycles. The van der Waals surface area contributed by atoms with E-state index in [-0.39, 0.29) is 12.5 Å². The van der Waals surface area contributed by atoms with Gasteiger partial charge in [-0.3, -0.25) is 4.79 Å². The fourth-order valence-electron chi connectivity index (χ4n) is 0.520. The van der Waals surface area contributed by atoms with Crippen molar-refractivity contribution in [2.45, 2.75) is 13.0 Å². The Hall–Kier alpha value is -0.260. The summed E-state index contributed by atoms with van der Waals surface area (Å²) in [7, 11) is 0. The fourth-order valence-corrected chi connectivity index (χ4v) is 1.56. The van der Waals surface area contributed by atoms with Crippen molar-refractivity contribution in [1.82, 2.24) is 0 Å². The van der Waals surface area contributed by atoms with Gasteiger partial charge < -0.3 is 15.9 Å². The molecular weight excluding hydrogens is 178 g/mol. The number of carbonyl (C=O) groups is 1. The van der Waals surface area contributed by atoms with Gasteiger partial charge >= 0.3 is 5.97 Å². The smallest absolute Gasteiger partial charge is 0.321 e. The molecule has 12 heavy (non-hydrogen) atoms. The third-order valence-corrected chi connectivity index (χ3v) is 2.73. The molecule has 4 nitrogen and oxygen atoms in total. The van der Waals surface area contributed by atoms with Crippen LogP contribution in [0.5, 0.6) is 0 Å². The first-order valence-electron chi connectivity index (χ1n) is 3.75. The summed E-state index contributed by atoms with van der Waals surface area (Å²) in [5.41, 5.74) is 5.26. The lowest BCUT2D eigenvalue weighted by atomic mass is 10.2. The van der Waals surface area contributed by atoms with Gasteiger partial charge in [0.2, 0.25) is 0 Å². The molecule has 0 saturated heterocycles. The predicted molar refractivity (Wildman–Crippen MR) is 49.2 cm³/mol. The lowest BCUT2D eigenvalue weighted by molar-refractivity contribution is -0.137. The minimum Gasteiger partial charge on any atom is -0.480 e. The summed E-state index contributed by atoms with van der Waals surface area (Å²) < 4.78 is 0. The highest BCUT2D eigenvalue weighted by Crippen LogP contribution is 2.08. The average molecular weight is 193 g/mol. The summed E-state index contributed by atoms with van der Waals surface area (Å²) in [6.07, 6.45) is 0. The Bertz CT molecular complexity index is 143.